The Morgan fingerprint density at radius 1 is 1.04 bits per heavy atom. The summed E-state index contributed by atoms with van der Waals surface area (Å²) in [5.74, 6) is -1.03. The van der Waals surface area contributed by atoms with Gasteiger partial charge >= 0.3 is 0 Å². The van der Waals surface area contributed by atoms with Gasteiger partial charge in [-0.2, -0.15) is 4.72 Å². The third-order valence-electron chi connectivity index (χ3n) is 3.12. The van der Waals surface area contributed by atoms with Crippen molar-refractivity contribution in [1.29, 1.82) is 0 Å². The molecule has 11 nitrogen and oxygen atoms in total. The van der Waals surface area contributed by atoms with Crippen molar-refractivity contribution in [3.05, 3.63) is 52.6 Å². The first-order valence-corrected chi connectivity index (χ1v) is 10.1. The third kappa shape index (κ3) is 5.13. The Kier molecular flexibility index (Phi) is 5.46. The van der Waals surface area contributed by atoms with Gasteiger partial charge < -0.3 is 11.1 Å². The van der Waals surface area contributed by atoms with Crippen LogP contribution in [-0.4, -0.2) is 27.6 Å². The van der Waals surface area contributed by atoms with E-state index < -0.39 is 41.4 Å². The van der Waals surface area contributed by atoms with Crippen molar-refractivity contribution >= 4 is 42.8 Å². The fourth-order valence-electron chi connectivity index (χ4n) is 1.90. The van der Waals surface area contributed by atoms with E-state index in [2.05, 4.69) is 5.32 Å². The lowest BCUT2D eigenvalue weighted by molar-refractivity contribution is -0.384. The monoisotopic (exact) mass is 401 g/mol. The summed E-state index contributed by atoms with van der Waals surface area (Å²) in [5.41, 5.74) is 6.11. The minimum atomic E-state index is -4.30. The molecule has 0 spiro atoms. The van der Waals surface area contributed by atoms with Crippen LogP contribution in [0.4, 0.5) is 22.7 Å². The molecule has 0 radical (unpaired) electrons. The molecule has 6 N–H and O–H groups in total. The Hall–Kier alpha value is -2.74. The van der Waals surface area contributed by atoms with E-state index in [1.807, 2.05) is 0 Å². The number of primary sulfonamides is 1. The topological polar surface area (TPSA) is 188 Å². The molecule has 0 aliphatic rings. The van der Waals surface area contributed by atoms with Crippen LogP contribution in [0.25, 0.3) is 0 Å². The zero-order chi connectivity index (χ0) is 19.5. The first kappa shape index (κ1) is 19.6. The van der Waals surface area contributed by atoms with Gasteiger partial charge in [-0.1, -0.05) is 0 Å². The van der Waals surface area contributed by atoms with Crippen LogP contribution in [0.1, 0.15) is 0 Å². The van der Waals surface area contributed by atoms with E-state index in [-0.39, 0.29) is 5.69 Å². The number of anilines is 3. The second-order valence-corrected chi connectivity index (χ2v) is 8.52. The molecule has 0 bridgehead atoms. The summed E-state index contributed by atoms with van der Waals surface area (Å²) in [5, 5.41) is 18.8. The predicted molar refractivity (Wildman–Crippen MR) is 95.5 cm³/mol. The van der Waals surface area contributed by atoms with E-state index in [4.69, 9.17) is 10.9 Å². The maximum Gasteiger partial charge on any atom is 0.294 e. The van der Waals surface area contributed by atoms with Gasteiger partial charge in [0.25, 0.3) is 5.69 Å². The number of benzene rings is 2. The van der Waals surface area contributed by atoms with E-state index in [1.54, 1.807) is 29.0 Å². The van der Waals surface area contributed by atoms with Crippen molar-refractivity contribution < 1.29 is 21.8 Å². The molecular formula is C13H15N5O6S2. The SMILES string of the molecule is Nc1ccc(Nc2ccc(S(=O)(=O)NCS(N)(=O)=O)cc2[N+](=O)[O-])cc1. The van der Waals surface area contributed by atoms with Gasteiger partial charge in [0.2, 0.25) is 20.0 Å². The number of nitro benzene ring substituents is 1. The number of nitrogens with one attached hydrogen (secondary N) is 2. The maximum atomic E-state index is 12.1. The molecule has 0 heterocycles. The summed E-state index contributed by atoms with van der Waals surface area (Å²) in [6, 6.07) is 9.46. The Bertz CT molecular complexity index is 1040. The van der Waals surface area contributed by atoms with Crippen LogP contribution in [0.5, 0.6) is 0 Å². The highest BCUT2D eigenvalue weighted by atomic mass is 32.2. The highest BCUT2D eigenvalue weighted by Crippen LogP contribution is 2.30. The highest BCUT2D eigenvalue weighted by molar-refractivity contribution is 7.92. The van der Waals surface area contributed by atoms with Crippen molar-refractivity contribution in [3.63, 3.8) is 0 Å². The maximum absolute atomic E-state index is 12.1. The molecule has 0 amide bonds. The molecule has 0 saturated heterocycles. The van der Waals surface area contributed by atoms with Crippen LogP contribution in [0.3, 0.4) is 0 Å². The molecule has 0 fully saturated rings. The van der Waals surface area contributed by atoms with Crippen LogP contribution in [0, 0.1) is 10.1 Å². The molecule has 0 saturated carbocycles. The first-order chi connectivity index (χ1) is 12.0. The van der Waals surface area contributed by atoms with Gasteiger partial charge in [0.15, 0.2) is 0 Å². The minimum Gasteiger partial charge on any atom is -0.399 e. The highest BCUT2D eigenvalue weighted by Gasteiger charge is 2.22. The first-order valence-electron chi connectivity index (χ1n) is 6.89. The van der Waals surface area contributed by atoms with Gasteiger partial charge in [0.1, 0.15) is 11.6 Å². The summed E-state index contributed by atoms with van der Waals surface area (Å²) in [6.45, 7) is 0. The quantitative estimate of drug-likeness (QED) is 0.292. The van der Waals surface area contributed by atoms with Gasteiger partial charge in [-0.05, 0) is 36.4 Å². The summed E-state index contributed by atoms with van der Waals surface area (Å²) in [6.07, 6.45) is 0. The minimum absolute atomic E-state index is 0.0465. The zero-order valence-electron chi connectivity index (χ0n) is 13.1. The van der Waals surface area contributed by atoms with E-state index in [0.29, 0.717) is 11.4 Å². The second kappa shape index (κ2) is 7.25. The Labute approximate surface area is 149 Å². The molecule has 2 aromatic rings. The molecule has 140 valence electrons. The van der Waals surface area contributed by atoms with Crippen molar-refractivity contribution in [2.75, 3.05) is 16.9 Å². The molecule has 2 aromatic carbocycles. The largest absolute Gasteiger partial charge is 0.399 e. The zero-order valence-corrected chi connectivity index (χ0v) is 14.7. The summed E-state index contributed by atoms with van der Waals surface area (Å²) < 4.78 is 47.7. The molecule has 0 unspecified atom stereocenters. The number of hydrogen-bond donors (Lipinski definition) is 4. The average Bonchev–Trinajstić information content (AvgIpc) is 2.54. The molecule has 13 heteroatoms. The lowest BCUT2D eigenvalue weighted by Gasteiger charge is -2.10. The van der Waals surface area contributed by atoms with Gasteiger partial charge in [0, 0.05) is 17.4 Å². The Morgan fingerprint density at radius 2 is 1.65 bits per heavy atom. The molecule has 0 aliphatic heterocycles. The van der Waals surface area contributed by atoms with E-state index in [1.165, 1.54) is 6.07 Å². The number of nitrogens with two attached hydrogens (primary N) is 2. The Morgan fingerprint density at radius 3 is 2.19 bits per heavy atom. The van der Waals surface area contributed by atoms with Crippen LogP contribution >= 0.6 is 0 Å². The number of sulfonamides is 2. The van der Waals surface area contributed by atoms with Crippen LogP contribution < -0.4 is 20.9 Å². The van der Waals surface area contributed by atoms with E-state index in [0.717, 1.165) is 12.1 Å². The lowest BCUT2D eigenvalue weighted by atomic mass is 10.2. The van der Waals surface area contributed by atoms with Gasteiger partial charge in [0.05, 0.1) is 9.82 Å². The van der Waals surface area contributed by atoms with Crippen LogP contribution in [0.15, 0.2) is 47.4 Å². The fraction of sp³-hybridized carbons (Fsp3) is 0.0769. The number of hydrogen-bond acceptors (Lipinski definition) is 8. The van der Waals surface area contributed by atoms with Crippen molar-refractivity contribution in [2.24, 2.45) is 5.14 Å². The molecule has 26 heavy (non-hydrogen) atoms. The van der Waals surface area contributed by atoms with Crippen LogP contribution in [-0.2, 0) is 20.0 Å². The number of nitro groups is 1. The molecule has 2 rings (SSSR count). The number of rotatable bonds is 7. The van der Waals surface area contributed by atoms with Crippen molar-refractivity contribution in [3.8, 4) is 0 Å². The smallest absolute Gasteiger partial charge is 0.294 e. The Balaban J connectivity index is 2.36. The standard InChI is InChI=1S/C13H15N5O6S2/c14-9-1-3-10(4-2-9)17-12-6-5-11(7-13(12)18(19)20)26(23,24)16-8-25(15,21)22/h1-7,16-17H,8,14H2,(H2,15,21,22). The molecular weight excluding hydrogens is 386 g/mol. The molecule has 0 aromatic heterocycles. The molecule has 0 aliphatic carbocycles. The number of nitrogens with zero attached hydrogens (tertiary/aromatic N) is 1. The normalized spacial score (nSPS) is 11.9. The van der Waals surface area contributed by atoms with Gasteiger partial charge in [-0.3, -0.25) is 10.1 Å². The summed E-state index contributed by atoms with van der Waals surface area (Å²) >= 11 is 0. The number of nitrogen functional groups attached to an aromatic ring is 1. The van der Waals surface area contributed by atoms with Crippen molar-refractivity contribution in [2.45, 2.75) is 4.90 Å². The second-order valence-electron chi connectivity index (χ2n) is 5.14. The fourth-order valence-corrected chi connectivity index (χ4v) is 3.86. The average molecular weight is 401 g/mol. The lowest BCUT2D eigenvalue weighted by Crippen LogP contribution is -2.33. The van der Waals surface area contributed by atoms with E-state index in [9.17, 15) is 26.9 Å². The predicted octanol–water partition coefficient (Wildman–Crippen LogP) is 0.445. The van der Waals surface area contributed by atoms with E-state index >= 15 is 0 Å². The van der Waals surface area contributed by atoms with Crippen LogP contribution in [0.2, 0.25) is 0 Å². The van der Waals surface area contributed by atoms with Gasteiger partial charge in [-0.25, -0.2) is 22.0 Å². The summed E-state index contributed by atoms with van der Waals surface area (Å²) in [4.78, 5) is 10.0. The van der Waals surface area contributed by atoms with Gasteiger partial charge in [-0.15, -0.1) is 0 Å². The molecule has 0 atom stereocenters. The third-order valence-corrected chi connectivity index (χ3v) is 5.24. The van der Waals surface area contributed by atoms with Crippen molar-refractivity contribution in [1.82, 2.24) is 4.72 Å². The summed E-state index contributed by atoms with van der Waals surface area (Å²) in [7, 11) is -8.39.